The van der Waals surface area contributed by atoms with Crippen LogP contribution in [-0.4, -0.2) is 14.5 Å². The summed E-state index contributed by atoms with van der Waals surface area (Å²) in [4.78, 5) is 12.1. The summed E-state index contributed by atoms with van der Waals surface area (Å²) in [6.45, 7) is 2.13. The van der Waals surface area contributed by atoms with Crippen molar-refractivity contribution in [1.82, 2.24) is 14.5 Å². The Balaban J connectivity index is 1.18. The molecule has 54 heavy (non-hydrogen) atoms. The van der Waals surface area contributed by atoms with Gasteiger partial charge in [0.25, 0.3) is 0 Å². The number of pyridine rings is 2. The second-order valence-electron chi connectivity index (χ2n) is 13.7. The zero-order chi connectivity index (χ0) is 36.4. The number of nitrogens with zero attached hydrogens (tertiary/aromatic N) is 4. The van der Waals surface area contributed by atoms with Crippen LogP contribution in [0.4, 0.5) is 17.1 Å². The van der Waals surface area contributed by atoms with Gasteiger partial charge in [0.1, 0.15) is 0 Å². The van der Waals surface area contributed by atoms with E-state index in [1.807, 2.05) is 24.5 Å². The van der Waals surface area contributed by atoms with Crippen molar-refractivity contribution in [3.8, 4) is 55.9 Å². The minimum absolute atomic E-state index is 0.926. The van der Waals surface area contributed by atoms with Crippen molar-refractivity contribution in [2.45, 2.75) is 6.92 Å². The summed E-state index contributed by atoms with van der Waals surface area (Å²) < 4.78 is 2.16. The van der Waals surface area contributed by atoms with Crippen LogP contribution in [-0.2, 0) is 7.05 Å². The fourth-order valence-corrected chi connectivity index (χ4v) is 7.34. The number of aryl methyl sites for hydroxylation is 2. The Labute approximate surface area is 316 Å². The summed E-state index contributed by atoms with van der Waals surface area (Å²) in [5.74, 6) is 0. The molecule has 0 atom stereocenters. The minimum Gasteiger partial charge on any atom is -0.351 e. The summed E-state index contributed by atoms with van der Waals surface area (Å²) in [6.07, 6.45) is 5.96. The first-order valence-electron chi connectivity index (χ1n) is 18.3. The lowest BCUT2D eigenvalue weighted by Gasteiger charge is -2.27. The monoisotopic (exact) mass is 694 g/mol. The van der Waals surface area contributed by atoms with E-state index in [4.69, 9.17) is 9.97 Å². The number of fused-ring (bicyclic) bond motifs is 1. The maximum absolute atomic E-state index is 4.97. The molecule has 0 spiro atoms. The highest BCUT2D eigenvalue weighted by atomic mass is 15.1. The summed E-state index contributed by atoms with van der Waals surface area (Å²) in [6, 6.07) is 62.6. The van der Waals surface area contributed by atoms with Gasteiger partial charge in [-0.05, 0) is 119 Å². The molecule has 0 N–H and O–H groups in total. The van der Waals surface area contributed by atoms with Crippen molar-refractivity contribution in [2.24, 2.45) is 7.05 Å². The fourth-order valence-electron chi connectivity index (χ4n) is 7.34. The van der Waals surface area contributed by atoms with Crippen LogP contribution in [0.3, 0.4) is 0 Å². The molecule has 0 amide bonds. The predicted molar refractivity (Wildman–Crippen MR) is 225 cm³/mol. The summed E-state index contributed by atoms with van der Waals surface area (Å²) >= 11 is 0. The van der Waals surface area contributed by atoms with Crippen molar-refractivity contribution in [3.05, 3.63) is 200 Å². The molecule has 0 aliphatic carbocycles. The molecule has 0 bridgehead atoms. The van der Waals surface area contributed by atoms with Crippen LogP contribution in [0.5, 0.6) is 0 Å². The normalized spacial score (nSPS) is 11.1. The van der Waals surface area contributed by atoms with Crippen LogP contribution in [0.15, 0.2) is 195 Å². The summed E-state index contributed by atoms with van der Waals surface area (Å²) in [5.41, 5.74) is 16.5. The van der Waals surface area contributed by atoms with E-state index in [0.717, 1.165) is 56.3 Å². The Morgan fingerprint density at radius 1 is 0.444 bits per heavy atom. The van der Waals surface area contributed by atoms with Gasteiger partial charge in [-0.3, -0.25) is 9.97 Å². The first kappa shape index (κ1) is 32.8. The molecule has 0 aliphatic rings. The van der Waals surface area contributed by atoms with E-state index in [1.54, 1.807) is 0 Å². The number of anilines is 3. The molecule has 9 rings (SSSR count). The van der Waals surface area contributed by atoms with E-state index in [-0.39, 0.29) is 0 Å². The Kier molecular flexibility index (Phi) is 8.62. The zero-order valence-corrected chi connectivity index (χ0v) is 30.3. The Hall–Kier alpha value is -7.04. The van der Waals surface area contributed by atoms with Crippen molar-refractivity contribution in [2.75, 3.05) is 4.90 Å². The van der Waals surface area contributed by atoms with Gasteiger partial charge >= 0.3 is 0 Å². The maximum Gasteiger partial charge on any atom is 0.0709 e. The SMILES string of the molecule is Cc1cnc(-c2cccc(N(c3cc(-c4ccccc4)cc(-c4ccccn4)c3)c3ccc4c(ccn4C)c3)c2)cc1-c1ccc(-c2ccccc2)cc1. The predicted octanol–water partition coefficient (Wildman–Crippen LogP) is 13.1. The third-order valence-corrected chi connectivity index (χ3v) is 10.2. The van der Waals surface area contributed by atoms with Gasteiger partial charge in [0.2, 0.25) is 0 Å². The summed E-state index contributed by atoms with van der Waals surface area (Å²) in [5, 5.41) is 1.18. The van der Waals surface area contributed by atoms with Crippen LogP contribution in [0.25, 0.3) is 66.8 Å². The van der Waals surface area contributed by atoms with Crippen LogP contribution in [0.1, 0.15) is 5.56 Å². The minimum atomic E-state index is 0.926. The molecule has 3 heterocycles. The molecule has 0 saturated carbocycles. The molecule has 4 heteroatoms. The highest BCUT2D eigenvalue weighted by molar-refractivity contribution is 5.91. The molecule has 0 aliphatic heterocycles. The standard InChI is InChI=1S/C50H38N4/c1-35-34-52-49(33-47(35)39-21-19-38(20-22-39)36-12-5-3-6-13-36)40-16-11-17-44(29-40)54(45-23-24-50-41(30-45)25-27-53(50)2)46-31-42(37-14-7-4-8-15-37)28-43(32-46)48-18-9-10-26-51-48/h3-34H,1-2H3. The van der Waals surface area contributed by atoms with Crippen LogP contribution < -0.4 is 4.90 Å². The van der Waals surface area contributed by atoms with Crippen molar-refractivity contribution in [1.29, 1.82) is 0 Å². The Morgan fingerprint density at radius 2 is 1.09 bits per heavy atom. The molecule has 0 radical (unpaired) electrons. The highest BCUT2D eigenvalue weighted by Crippen LogP contribution is 2.41. The molecule has 9 aromatic rings. The topological polar surface area (TPSA) is 34.0 Å². The lowest BCUT2D eigenvalue weighted by molar-refractivity contribution is 0.969. The van der Waals surface area contributed by atoms with Gasteiger partial charge in [0.05, 0.1) is 11.4 Å². The van der Waals surface area contributed by atoms with Crippen molar-refractivity contribution in [3.63, 3.8) is 0 Å². The first-order valence-corrected chi connectivity index (χ1v) is 18.3. The van der Waals surface area contributed by atoms with Gasteiger partial charge in [-0.15, -0.1) is 0 Å². The van der Waals surface area contributed by atoms with E-state index >= 15 is 0 Å². The third kappa shape index (κ3) is 6.46. The molecule has 4 nitrogen and oxygen atoms in total. The van der Waals surface area contributed by atoms with Crippen molar-refractivity contribution >= 4 is 28.0 Å². The van der Waals surface area contributed by atoms with Crippen LogP contribution in [0.2, 0.25) is 0 Å². The van der Waals surface area contributed by atoms with E-state index in [2.05, 4.69) is 193 Å². The lowest BCUT2D eigenvalue weighted by atomic mass is 9.96. The number of benzene rings is 6. The second kappa shape index (κ2) is 14.2. The third-order valence-electron chi connectivity index (χ3n) is 10.2. The average Bonchev–Trinajstić information content (AvgIpc) is 3.61. The zero-order valence-electron chi connectivity index (χ0n) is 30.3. The van der Waals surface area contributed by atoms with Crippen molar-refractivity contribution < 1.29 is 0 Å². The molecular formula is C50H38N4. The van der Waals surface area contributed by atoms with E-state index in [0.29, 0.717) is 0 Å². The van der Waals surface area contributed by atoms with Gasteiger partial charge in [-0.25, -0.2) is 0 Å². The molecule has 0 fully saturated rings. The van der Waals surface area contributed by atoms with Gasteiger partial charge < -0.3 is 9.47 Å². The molecule has 0 saturated heterocycles. The van der Waals surface area contributed by atoms with E-state index in [9.17, 15) is 0 Å². The summed E-state index contributed by atoms with van der Waals surface area (Å²) in [7, 11) is 2.09. The van der Waals surface area contributed by atoms with Crippen LogP contribution in [0, 0.1) is 6.92 Å². The van der Waals surface area contributed by atoms with E-state index in [1.165, 1.54) is 33.2 Å². The number of aromatic nitrogens is 3. The smallest absolute Gasteiger partial charge is 0.0709 e. The largest absolute Gasteiger partial charge is 0.351 e. The fraction of sp³-hybridized carbons (Fsp3) is 0.0400. The molecule has 3 aromatic heterocycles. The molecule has 0 unspecified atom stereocenters. The van der Waals surface area contributed by atoms with Gasteiger partial charge in [-0.2, -0.15) is 0 Å². The molecule has 258 valence electrons. The maximum atomic E-state index is 4.97. The number of hydrogen-bond acceptors (Lipinski definition) is 3. The highest BCUT2D eigenvalue weighted by Gasteiger charge is 2.18. The van der Waals surface area contributed by atoms with E-state index < -0.39 is 0 Å². The molecule has 6 aromatic carbocycles. The Bertz CT molecular complexity index is 2660. The van der Waals surface area contributed by atoms with Crippen LogP contribution >= 0.6 is 0 Å². The van der Waals surface area contributed by atoms with Gasteiger partial charge in [0.15, 0.2) is 0 Å². The number of rotatable bonds is 8. The average molecular weight is 695 g/mol. The second-order valence-corrected chi connectivity index (χ2v) is 13.7. The first-order chi connectivity index (χ1) is 26.6. The quantitative estimate of drug-likeness (QED) is 0.159. The number of hydrogen-bond donors (Lipinski definition) is 0. The van der Waals surface area contributed by atoms with Gasteiger partial charge in [0, 0.05) is 64.7 Å². The molecular weight excluding hydrogens is 657 g/mol. The lowest BCUT2D eigenvalue weighted by Crippen LogP contribution is -2.10. The van der Waals surface area contributed by atoms with Gasteiger partial charge in [-0.1, -0.05) is 103 Å². The Morgan fingerprint density at radius 3 is 1.85 bits per heavy atom.